The van der Waals surface area contributed by atoms with Gasteiger partial charge in [-0.2, -0.15) is 0 Å². The highest BCUT2D eigenvalue weighted by Crippen LogP contribution is 2.40. The molecule has 5 rings (SSSR count). The topological polar surface area (TPSA) is 66.9 Å². The van der Waals surface area contributed by atoms with Crippen LogP contribution in [0, 0.1) is 11.6 Å². The summed E-state index contributed by atoms with van der Waals surface area (Å²) in [4.78, 5) is 22.7. The van der Waals surface area contributed by atoms with E-state index in [1.165, 1.54) is 16.5 Å². The van der Waals surface area contributed by atoms with Gasteiger partial charge < -0.3 is 10.6 Å². The second-order valence-electron chi connectivity index (χ2n) is 8.17. The first-order valence-corrected chi connectivity index (χ1v) is 12.1. The number of hydrogen-bond acceptors (Lipinski definition) is 5. The number of thioether (sulfide) groups is 1. The molecular weight excluding hydrogens is 466 g/mol. The summed E-state index contributed by atoms with van der Waals surface area (Å²) in [6, 6.07) is 17.2. The zero-order valence-corrected chi connectivity index (χ0v) is 19.5. The van der Waals surface area contributed by atoms with Gasteiger partial charge in [0.25, 0.3) is 5.91 Å². The summed E-state index contributed by atoms with van der Waals surface area (Å²) < 4.78 is 26.6. The fourth-order valence-electron chi connectivity index (χ4n) is 3.92. The largest absolute Gasteiger partial charge is 0.368 e. The Morgan fingerprint density at radius 1 is 1.00 bits per heavy atom. The normalized spacial score (nSPS) is 15.1. The first-order chi connectivity index (χ1) is 17.1. The molecule has 0 fully saturated rings. The van der Waals surface area contributed by atoms with E-state index in [-0.39, 0.29) is 12.5 Å². The van der Waals surface area contributed by atoms with E-state index in [1.54, 1.807) is 36.3 Å². The van der Waals surface area contributed by atoms with Gasteiger partial charge in [-0.25, -0.2) is 13.8 Å². The molecule has 1 aliphatic rings. The third kappa shape index (κ3) is 5.33. The van der Waals surface area contributed by atoms with E-state index in [9.17, 15) is 13.6 Å². The number of carbonyl (C=O) groups excluding carboxylic acids is 1. The Labute approximate surface area is 205 Å². The van der Waals surface area contributed by atoms with Gasteiger partial charge in [0.05, 0.1) is 11.1 Å². The van der Waals surface area contributed by atoms with Crippen LogP contribution in [0.4, 0.5) is 14.6 Å². The summed E-state index contributed by atoms with van der Waals surface area (Å²) in [5.74, 6) is -1.71. The molecule has 1 unspecified atom stereocenters. The predicted molar refractivity (Wildman–Crippen MR) is 136 cm³/mol. The standard InChI is InChI=1S/C27H22F2N4OS/c28-22-8-5-17(13-23(22)29)15-33-27(34)21-4-2-12-31-26(21)32-16-20-7-10-25(35-20)19-6-9-24-18(14-19)3-1-11-30-24/h1-6,8-14,20H,7,15-16H2,(H,31,32)(H,33,34). The Morgan fingerprint density at radius 2 is 1.86 bits per heavy atom. The van der Waals surface area contributed by atoms with Crippen molar-refractivity contribution in [3.8, 4) is 0 Å². The van der Waals surface area contributed by atoms with E-state index in [4.69, 9.17) is 0 Å². The van der Waals surface area contributed by atoms with Crippen molar-refractivity contribution in [3.63, 3.8) is 0 Å². The van der Waals surface area contributed by atoms with Crippen molar-refractivity contribution < 1.29 is 13.6 Å². The first kappa shape index (κ1) is 23.0. The van der Waals surface area contributed by atoms with E-state index in [0.29, 0.717) is 28.7 Å². The van der Waals surface area contributed by atoms with Crippen molar-refractivity contribution in [2.24, 2.45) is 0 Å². The maximum atomic E-state index is 13.4. The summed E-state index contributed by atoms with van der Waals surface area (Å²) in [7, 11) is 0. The number of anilines is 1. The number of benzene rings is 2. The maximum absolute atomic E-state index is 13.4. The van der Waals surface area contributed by atoms with Crippen molar-refractivity contribution in [2.45, 2.75) is 18.2 Å². The number of amides is 1. The van der Waals surface area contributed by atoms with Crippen LogP contribution in [-0.4, -0.2) is 27.7 Å². The highest BCUT2D eigenvalue weighted by Gasteiger charge is 2.20. The molecule has 3 heterocycles. The molecule has 0 spiro atoms. The van der Waals surface area contributed by atoms with Gasteiger partial charge in [0.2, 0.25) is 0 Å². The number of nitrogens with one attached hydrogen (secondary N) is 2. The SMILES string of the molecule is O=C(NCc1ccc(F)c(F)c1)c1cccnc1NCC1CC=C(c2ccc3ncccc3c2)S1. The molecule has 1 aliphatic heterocycles. The molecule has 0 aliphatic carbocycles. The number of aromatic nitrogens is 2. The number of allylic oxidation sites excluding steroid dienone is 1. The van der Waals surface area contributed by atoms with Crippen LogP contribution in [0.3, 0.4) is 0 Å². The van der Waals surface area contributed by atoms with E-state index >= 15 is 0 Å². The van der Waals surface area contributed by atoms with Gasteiger partial charge >= 0.3 is 0 Å². The van der Waals surface area contributed by atoms with Gasteiger partial charge in [0.15, 0.2) is 11.6 Å². The van der Waals surface area contributed by atoms with E-state index in [0.717, 1.165) is 29.5 Å². The molecule has 0 saturated heterocycles. The zero-order valence-electron chi connectivity index (χ0n) is 18.7. The van der Waals surface area contributed by atoms with Crippen LogP contribution in [0.1, 0.15) is 27.9 Å². The third-order valence-electron chi connectivity index (χ3n) is 5.73. The Balaban J connectivity index is 1.19. The molecular formula is C27H22F2N4OS. The van der Waals surface area contributed by atoms with Gasteiger partial charge in [-0.05, 0) is 60.0 Å². The van der Waals surface area contributed by atoms with Crippen molar-refractivity contribution in [1.82, 2.24) is 15.3 Å². The highest BCUT2D eigenvalue weighted by molar-refractivity contribution is 8.09. The van der Waals surface area contributed by atoms with Crippen LogP contribution in [-0.2, 0) is 6.54 Å². The van der Waals surface area contributed by atoms with E-state index < -0.39 is 11.6 Å². The molecule has 2 N–H and O–H groups in total. The lowest BCUT2D eigenvalue weighted by atomic mass is 10.1. The van der Waals surface area contributed by atoms with Crippen LogP contribution in [0.5, 0.6) is 0 Å². The molecule has 2 aromatic carbocycles. The number of halogens is 2. The lowest BCUT2D eigenvalue weighted by molar-refractivity contribution is 0.0951. The molecule has 4 aromatic rings. The third-order valence-corrected chi connectivity index (χ3v) is 7.08. The van der Waals surface area contributed by atoms with Gasteiger partial charge in [0, 0.05) is 41.0 Å². The Hall–Kier alpha value is -3.78. The van der Waals surface area contributed by atoms with Gasteiger partial charge in [-0.1, -0.05) is 24.3 Å². The predicted octanol–water partition coefficient (Wildman–Crippen LogP) is 5.80. The fourth-order valence-corrected chi connectivity index (χ4v) is 5.09. The van der Waals surface area contributed by atoms with Gasteiger partial charge in [-0.15, -0.1) is 11.8 Å². The molecule has 176 valence electrons. The Kier molecular flexibility index (Phi) is 6.72. The first-order valence-electron chi connectivity index (χ1n) is 11.2. The quantitative estimate of drug-likeness (QED) is 0.344. The van der Waals surface area contributed by atoms with Crippen molar-refractivity contribution in [2.75, 3.05) is 11.9 Å². The number of carbonyl (C=O) groups is 1. The summed E-state index contributed by atoms with van der Waals surface area (Å²) in [6.45, 7) is 0.720. The van der Waals surface area contributed by atoms with E-state index in [1.807, 2.05) is 12.1 Å². The minimum Gasteiger partial charge on any atom is -0.368 e. The maximum Gasteiger partial charge on any atom is 0.255 e. The lowest BCUT2D eigenvalue weighted by Gasteiger charge is -2.15. The smallest absolute Gasteiger partial charge is 0.255 e. The number of pyridine rings is 2. The summed E-state index contributed by atoms with van der Waals surface area (Å²) in [5.41, 5.74) is 3.02. The van der Waals surface area contributed by atoms with Crippen LogP contribution in [0.15, 0.2) is 79.1 Å². The number of nitrogens with zero attached hydrogens (tertiary/aromatic N) is 2. The van der Waals surface area contributed by atoms with Crippen LogP contribution < -0.4 is 10.6 Å². The monoisotopic (exact) mass is 488 g/mol. The molecule has 0 bridgehead atoms. The van der Waals surface area contributed by atoms with Gasteiger partial charge in [-0.3, -0.25) is 9.78 Å². The molecule has 0 radical (unpaired) electrons. The number of fused-ring (bicyclic) bond motifs is 1. The molecule has 8 heteroatoms. The molecule has 35 heavy (non-hydrogen) atoms. The fraction of sp³-hybridized carbons (Fsp3) is 0.148. The molecule has 0 saturated carbocycles. The lowest BCUT2D eigenvalue weighted by Crippen LogP contribution is -2.25. The van der Waals surface area contributed by atoms with Gasteiger partial charge in [0.1, 0.15) is 5.82 Å². The van der Waals surface area contributed by atoms with Crippen LogP contribution in [0.2, 0.25) is 0 Å². The average molecular weight is 489 g/mol. The van der Waals surface area contributed by atoms with Crippen LogP contribution >= 0.6 is 11.8 Å². The van der Waals surface area contributed by atoms with E-state index in [2.05, 4.69) is 44.9 Å². The summed E-state index contributed by atoms with van der Waals surface area (Å²) >= 11 is 1.80. The minimum atomic E-state index is -0.942. The number of hydrogen-bond donors (Lipinski definition) is 2. The second-order valence-corrected chi connectivity index (χ2v) is 9.51. The highest BCUT2D eigenvalue weighted by atomic mass is 32.2. The van der Waals surface area contributed by atoms with Crippen molar-refractivity contribution in [1.29, 1.82) is 0 Å². The average Bonchev–Trinajstić information content (AvgIpc) is 3.37. The Bertz CT molecular complexity index is 1430. The summed E-state index contributed by atoms with van der Waals surface area (Å²) in [6.07, 6.45) is 6.57. The Morgan fingerprint density at radius 3 is 2.74 bits per heavy atom. The van der Waals surface area contributed by atoms with Crippen LogP contribution in [0.25, 0.3) is 15.8 Å². The summed E-state index contributed by atoms with van der Waals surface area (Å²) in [5, 5.41) is 7.46. The van der Waals surface area contributed by atoms with Crippen molar-refractivity contribution in [3.05, 3.63) is 107 Å². The molecule has 2 aromatic heterocycles. The second kappa shape index (κ2) is 10.2. The molecule has 5 nitrogen and oxygen atoms in total. The van der Waals surface area contributed by atoms with Crippen molar-refractivity contribution >= 4 is 39.3 Å². The zero-order chi connectivity index (χ0) is 24.2. The molecule has 1 amide bonds. The minimum absolute atomic E-state index is 0.0808. The number of rotatable bonds is 7. The molecule has 1 atom stereocenters.